The lowest BCUT2D eigenvalue weighted by atomic mass is 10.0. The SMILES string of the molecule is C=C(C)C(=N/C=C\C)N1CCN(Cc2ccc(C)c(C(=O)N3CCN(C(=CC)/N=C(/C)C(=C)C)CC3)c2)CC1. The third kappa shape index (κ3) is 8.02. The molecule has 2 saturated heterocycles. The van der Waals surface area contributed by atoms with E-state index in [0.717, 1.165) is 85.5 Å². The molecule has 0 N–H and O–H groups in total. The van der Waals surface area contributed by atoms with Gasteiger partial charge in [-0.25, -0.2) is 9.98 Å². The van der Waals surface area contributed by atoms with Crippen LogP contribution in [0.25, 0.3) is 0 Å². The van der Waals surface area contributed by atoms with Crippen LogP contribution in [0.5, 0.6) is 0 Å². The smallest absolute Gasteiger partial charge is 0.254 e. The zero-order valence-corrected chi connectivity index (χ0v) is 24.8. The van der Waals surface area contributed by atoms with Crippen LogP contribution in [0.2, 0.25) is 0 Å². The monoisotopic (exact) mass is 530 g/mol. The topological polar surface area (TPSA) is 54.8 Å². The number of carbonyl (C=O) groups is 1. The van der Waals surface area contributed by atoms with Gasteiger partial charge in [-0.2, -0.15) is 0 Å². The Hall–Kier alpha value is -3.45. The molecule has 0 aliphatic carbocycles. The van der Waals surface area contributed by atoms with Crippen LogP contribution in [0.4, 0.5) is 0 Å². The van der Waals surface area contributed by atoms with Crippen molar-refractivity contribution in [3.8, 4) is 0 Å². The van der Waals surface area contributed by atoms with E-state index in [9.17, 15) is 4.79 Å². The summed E-state index contributed by atoms with van der Waals surface area (Å²) in [7, 11) is 0. The zero-order valence-electron chi connectivity index (χ0n) is 24.8. The molecule has 1 amide bonds. The number of rotatable bonds is 8. The summed E-state index contributed by atoms with van der Waals surface area (Å²) in [6.45, 7) is 27.5. The third-order valence-electron chi connectivity index (χ3n) is 7.39. The molecular formula is C32H46N6O. The number of allylic oxidation sites excluding steroid dienone is 3. The number of hydrogen-bond donors (Lipinski definition) is 0. The minimum absolute atomic E-state index is 0.119. The van der Waals surface area contributed by atoms with Gasteiger partial charge in [-0.1, -0.05) is 31.4 Å². The van der Waals surface area contributed by atoms with Crippen molar-refractivity contribution in [1.29, 1.82) is 0 Å². The van der Waals surface area contributed by atoms with E-state index < -0.39 is 0 Å². The molecule has 1 aromatic carbocycles. The molecule has 210 valence electrons. The van der Waals surface area contributed by atoms with Gasteiger partial charge in [0.05, 0.1) is 0 Å². The van der Waals surface area contributed by atoms with Crippen LogP contribution in [-0.2, 0) is 6.54 Å². The van der Waals surface area contributed by atoms with Crippen molar-refractivity contribution >= 4 is 17.5 Å². The Morgan fingerprint density at radius 1 is 0.897 bits per heavy atom. The Balaban J connectivity index is 1.61. The molecule has 2 fully saturated rings. The average molecular weight is 531 g/mol. The summed E-state index contributed by atoms with van der Waals surface area (Å²) >= 11 is 0. The van der Waals surface area contributed by atoms with E-state index in [-0.39, 0.29) is 5.91 Å². The minimum Gasteiger partial charge on any atom is -0.354 e. The number of nitrogens with zero attached hydrogens (tertiary/aromatic N) is 6. The molecule has 1 aromatic rings. The molecule has 0 atom stereocenters. The maximum absolute atomic E-state index is 13.6. The molecule has 39 heavy (non-hydrogen) atoms. The van der Waals surface area contributed by atoms with E-state index >= 15 is 0 Å². The molecular weight excluding hydrogens is 484 g/mol. The first-order valence-corrected chi connectivity index (χ1v) is 14.0. The van der Waals surface area contributed by atoms with Gasteiger partial charge in [0.2, 0.25) is 0 Å². The standard InChI is InChI=1S/C32H46N6O/c1-9-13-33-31(25(5)6)37-16-14-35(15-17-37)23-28-12-11-26(7)29(22-28)32(39)38-20-18-36(19-21-38)30(10-2)34-27(8)24(3)4/h9-13,22H,3,5,14-21,23H2,1-2,4,6-8H3/b13-9-,30-10?,33-31?,34-27-. The maximum Gasteiger partial charge on any atom is 0.254 e. The summed E-state index contributed by atoms with van der Waals surface area (Å²) < 4.78 is 0. The molecule has 7 heteroatoms. The van der Waals surface area contributed by atoms with Crippen LogP contribution in [0.1, 0.15) is 56.1 Å². The van der Waals surface area contributed by atoms with E-state index in [1.807, 2.05) is 64.8 Å². The van der Waals surface area contributed by atoms with Crippen molar-refractivity contribution in [2.75, 3.05) is 52.4 Å². The van der Waals surface area contributed by atoms with Crippen molar-refractivity contribution in [3.63, 3.8) is 0 Å². The van der Waals surface area contributed by atoms with Crippen molar-refractivity contribution in [2.24, 2.45) is 9.98 Å². The van der Waals surface area contributed by atoms with Crippen LogP contribution in [0.15, 0.2) is 76.7 Å². The van der Waals surface area contributed by atoms with Gasteiger partial charge in [-0.3, -0.25) is 9.69 Å². The number of benzene rings is 1. The number of carbonyl (C=O) groups excluding carboxylic acids is 1. The van der Waals surface area contributed by atoms with Crippen LogP contribution < -0.4 is 0 Å². The largest absolute Gasteiger partial charge is 0.354 e. The fourth-order valence-electron chi connectivity index (χ4n) is 4.87. The number of aryl methyl sites for hydroxylation is 1. The van der Waals surface area contributed by atoms with E-state index in [1.165, 1.54) is 5.56 Å². The lowest BCUT2D eigenvalue weighted by Crippen LogP contribution is -2.48. The van der Waals surface area contributed by atoms with Gasteiger partial charge in [-0.05, 0) is 76.0 Å². The van der Waals surface area contributed by atoms with Crippen molar-refractivity contribution < 1.29 is 4.79 Å². The quantitative estimate of drug-likeness (QED) is 0.339. The third-order valence-corrected chi connectivity index (χ3v) is 7.39. The Morgan fingerprint density at radius 2 is 1.51 bits per heavy atom. The number of piperazine rings is 2. The minimum atomic E-state index is 0.119. The van der Waals surface area contributed by atoms with Crippen molar-refractivity contribution in [3.05, 3.63) is 83.4 Å². The summed E-state index contributed by atoms with van der Waals surface area (Å²) in [5.74, 6) is 2.04. The highest BCUT2D eigenvalue weighted by Crippen LogP contribution is 2.19. The van der Waals surface area contributed by atoms with Gasteiger partial charge in [0.15, 0.2) is 0 Å². The Kier molecular flexibility index (Phi) is 10.9. The van der Waals surface area contributed by atoms with Gasteiger partial charge in [0, 0.05) is 76.4 Å². The summed E-state index contributed by atoms with van der Waals surface area (Å²) in [4.78, 5) is 31.9. The normalized spacial score (nSPS) is 18.2. The second-order valence-electron chi connectivity index (χ2n) is 10.5. The van der Waals surface area contributed by atoms with Crippen LogP contribution in [0, 0.1) is 6.92 Å². The molecule has 0 bridgehead atoms. The van der Waals surface area contributed by atoms with Gasteiger partial charge < -0.3 is 14.7 Å². The molecule has 0 unspecified atom stereocenters. The van der Waals surface area contributed by atoms with Gasteiger partial charge in [-0.15, -0.1) is 0 Å². The molecule has 2 heterocycles. The van der Waals surface area contributed by atoms with E-state index in [2.05, 4.69) is 51.0 Å². The molecule has 3 rings (SSSR count). The van der Waals surface area contributed by atoms with Crippen LogP contribution in [-0.4, -0.2) is 89.4 Å². The lowest BCUT2D eigenvalue weighted by Gasteiger charge is -2.37. The molecule has 0 saturated carbocycles. The van der Waals surface area contributed by atoms with Crippen LogP contribution in [0.3, 0.4) is 0 Å². The van der Waals surface area contributed by atoms with Gasteiger partial charge in [0.25, 0.3) is 5.91 Å². The molecule has 7 nitrogen and oxygen atoms in total. The zero-order chi connectivity index (χ0) is 28.5. The Labute approximate surface area is 235 Å². The van der Waals surface area contributed by atoms with Crippen molar-refractivity contribution in [2.45, 2.75) is 48.1 Å². The first kappa shape index (κ1) is 30.1. The van der Waals surface area contributed by atoms with E-state index in [4.69, 9.17) is 4.99 Å². The highest BCUT2D eigenvalue weighted by molar-refractivity contribution is 5.98. The lowest BCUT2D eigenvalue weighted by molar-refractivity contribution is 0.0667. The fraction of sp³-hybridized carbons (Fsp3) is 0.469. The highest BCUT2D eigenvalue weighted by atomic mass is 16.2. The number of aliphatic imine (C=N–C) groups is 2. The first-order valence-electron chi connectivity index (χ1n) is 14.0. The van der Waals surface area contributed by atoms with E-state index in [1.54, 1.807) is 0 Å². The average Bonchev–Trinajstić information content (AvgIpc) is 2.93. The fourth-order valence-corrected chi connectivity index (χ4v) is 4.87. The van der Waals surface area contributed by atoms with E-state index in [0.29, 0.717) is 13.1 Å². The number of amidine groups is 1. The first-order chi connectivity index (χ1) is 18.6. The van der Waals surface area contributed by atoms with Gasteiger partial charge >= 0.3 is 0 Å². The summed E-state index contributed by atoms with van der Waals surface area (Å²) in [6, 6.07) is 6.34. The molecule has 0 radical (unpaired) electrons. The van der Waals surface area contributed by atoms with Crippen LogP contribution >= 0.6 is 0 Å². The molecule has 0 aromatic heterocycles. The predicted octanol–water partition coefficient (Wildman–Crippen LogP) is 5.28. The molecule has 0 spiro atoms. The Bertz CT molecular complexity index is 1180. The van der Waals surface area contributed by atoms with Gasteiger partial charge in [0.1, 0.15) is 11.7 Å². The molecule has 2 aliphatic rings. The molecule has 2 aliphatic heterocycles. The maximum atomic E-state index is 13.6. The summed E-state index contributed by atoms with van der Waals surface area (Å²) in [6.07, 6.45) is 5.81. The number of amides is 1. The highest BCUT2D eigenvalue weighted by Gasteiger charge is 2.25. The number of hydrogen-bond acceptors (Lipinski definition) is 5. The second-order valence-corrected chi connectivity index (χ2v) is 10.5. The predicted molar refractivity (Wildman–Crippen MR) is 164 cm³/mol. The summed E-state index contributed by atoms with van der Waals surface area (Å²) in [5, 5.41) is 0. The summed E-state index contributed by atoms with van der Waals surface area (Å²) in [5.41, 5.74) is 5.91. The second kappa shape index (κ2) is 14.1. The Morgan fingerprint density at radius 3 is 2.08 bits per heavy atom. The van der Waals surface area contributed by atoms with Crippen molar-refractivity contribution in [1.82, 2.24) is 19.6 Å².